The summed E-state index contributed by atoms with van der Waals surface area (Å²) in [7, 11) is 0. The van der Waals surface area contributed by atoms with Crippen LogP contribution in [-0.2, 0) is 16.8 Å². The van der Waals surface area contributed by atoms with E-state index in [1.807, 2.05) is 16.8 Å². The summed E-state index contributed by atoms with van der Waals surface area (Å²) in [6.45, 7) is 6.08. The van der Waals surface area contributed by atoms with E-state index in [1.165, 1.54) is 28.0 Å². The number of amides is 1. The Morgan fingerprint density at radius 1 is 1.27 bits per heavy atom. The number of aliphatic hydroxyl groups is 1. The molecular formula is C18H23NO2S. The highest BCUT2D eigenvalue weighted by atomic mass is 32.1. The highest BCUT2D eigenvalue weighted by Crippen LogP contribution is 2.22. The zero-order chi connectivity index (χ0) is 16.2. The van der Waals surface area contributed by atoms with Gasteiger partial charge in [0.1, 0.15) is 5.60 Å². The van der Waals surface area contributed by atoms with Crippen LogP contribution in [0.1, 0.15) is 35.6 Å². The molecule has 1 atom stereocenters. The maximum Gasteiger partial charge on any atom is 0.220 e. The van der Waals surface area contributed by atoms with Crippen LogP contribution in [0.4, 0.5) is 0 Å². The molecule has 1 unspecified atom stereocenters. The van der Waals surface area contributed by atoms with Crippen molar-refractivity contribution in [1.82, 2.24) is 5.32 Å². The number of hydrogen-bond acceptors (Lipinski definition) is 3. The van der Waals surface area contributed by atoms with Crippen LogP contribution in [-0.4, -0.2) is 17.6 Å². The molecule has 0 bridgehead atoms. The van der Waals surface area contributed by atoms with Crippen molar-refractivity contribution in [2.45, 2.75) is 39.2 Å². The van der Waals surface area contributed by atoms with Gasteiger partial charge in [-0.2, -0.15) is 11.3 Å². The minimum Gasteiger partial charge on any atom is -0.384 e. The summed E-state index contributed by atoms with van der Waals surface area (Å²) in [5.41, 5.74) is 3.44. The summed E-state index contributed by atoms with van der Waals surface area (Å²) in [4.78, 5) is 12.0. The van der Waals surface area contributed by atoms with Crippen LogP contribution in [0.5, 0.6) is 0 Å². The summed E-state index contributed by atoms with van der Waals surface area (Å²) in [5, 5.41) is 17.0. The van der Waals surface area contributed by atoms with Crippen molar-refractivity contribution in [1.29, 1.82) is 0 Å². The number of thiophene rings is 1. The monoisotopic (exact) mass is 317 g/mol. The maximum atomic E-state index is 12.0. The van der Waals surface area contributed by atoms with Crippen molar-refractivity contribution < 1.29 is 9.90 Å². The topological polar surface area (TPSA) is 49.3 Å². The van der Waals surface area contributed by atoms with Gasteiger partial charge in [-0.05, 0) is 55.1 Å². The third kappa shape index (κ3) is 4.68. The first-order chi connectivity index (χ1) is 10.4. The zero-order valence-corrected chi connectivity index (χ0v) is 14.2. The van der Waals surface area contributed by atoms with Crippen LogP contribution in [0.2, 0.25) is 0 Å². The molecule has 1 amide bonds. The first kappa shape index (κ1) is 16.7. The number of rotatable bonds is 6. The van der Waals surface area contributed by atoms with Crippen molar-refractivity contribution in [3.63, 3.8) is 0 Å². The molecule has 22 heavy (non-hydrogen) atoms. The van der Waals surface area contributed by atoms with Crippen LogP contribution in [0.3, 0.4) is 0 Å². The lowest BCUT2D eigenvalue weighted by atomic mass is 9.99. The van der Waals surface area contributed by atoms with E-state index in [2.05, 4.69) is 37.4 Å². The second-order valence-electron chi connectivity index (χ2n) is 6.06. The van der Waals surface area contributed by atoms with E-state index in [0.29, 0.717) is 6.42 Å². The molecule has 0 aliphatic carbocycles. The Morgan fingerprint density at radius 2 is 1.95 bits per heavy atom. The summed E-state index contributed by atoms with van der Waals surface area (Å²) in [6.07, 6.45) is 1.15. The van der Waals surface area contributed by atoms with Gasteiger partial charge in [0.15, 0.2) is 0 Å². The fraction of sp³-hybridized carbons (Fsp3) is 0.389. The first-order valence-corrected chi connectivity index (χ1v) is 8.40. The highest BCUT2D eigenvalue weighted by Gasteiger charge is 2.23. The van der Waals surface area contributed by atoms with E-state index in [1.54, 1.807) is 6.92 Å². The average Bonchev–Trinajstić information content (AvgIpc) is 2.97. The molecule has 0 aliphatic rings. The summed E-state index contributed by atoms with van der Waals surface area (Å²) in [5.74, 6) is -0.0327. The van der Waals surface area contributed by atoms with Crippen molar-refractivity contribution in [2.75, 3.05) is 6.54 Å². The third-order valence-electron chi connectivity index (χ3n) is 3.70. The van der Waals surface area contributed by atoms with Gasteiger partial charge in [-0.25, -0.2) is 0 Å². The number of carbonyl (C=O) groups excluding carboxylic acids is 1. The van der Waals surface area contributed by atoms with Gasteiger partial charge in [-0.3, -0.25) is 4.79 Å². The summed E-state index contributed by atoms with van der Waals surface area (Å²) < 4.78 is 0. The van der Waals surface area contributed by atoms with Gasteiger partial charge in [0.2, 0.25) is 5.91 Å². The van der Waals surface area contributed by atoms with E-state index in [0.717, 1.165) is 12.0 Å². The predicted molar refractivity (Wildman–Crippen MR) is 91.1 cm³/mol. The fourth-order valence-corrected chi connectivity index (χ4v) is 3.29. The molecule has 2 aromatic rings. The van der Waals surface area contributed by atoms with Crippen LogP contribution >= 0.6 is 11.3 Å². The molecule has 0 saturated carbocycles. The average molecular weight is 317 g/mol. The van der Waals surface area contributed by atoms with E-state index in [4.69, 9.17) is 0 Å². The van der Waals surface area contributed by atoms with Crippen LogP contribution in [0, 0.1) is 13.8 Å². The Balaban J connectivity index is 1.83. The normalized spacial score (nSPS) is 13.6. The van der Waals surface area contributed by atoms with Crippen LogP contribution in [0.15, 0.2) is 35.0 Å². The van der Waals surface area contributed by atoms with Gasteiger partial charge in [0.05, 0.1) is 6.54 Å². The Hall–Kier alpha value is -1.65. The maximum absolute atomic E-state index is 12.0. The largest absolute Gasteiger partial charge is 0.384 e. The lowest BCUT2D eigenvalue weighted by Gasteiger charge is -2.22. The van der Waals surface area contributed by atoms with Gasteiger partial charge >= 0.3 is 0 Å². The van der Waals surface area contributed by atoms with E-state index >= 15 is 0 Å². The van der Waals surface area contributed by atoms with E-state index < -0.39 is 5.60 Å². The molecule has 1 aromatic heterocycles. The van der Waals surface area contributed by atoms with Crippen molar-refractivity contribution in [3.05, 3.63) is 57.3 Å². The molecule has 0 spiro atoms. The summed E-state index contributed by atoms with van der Waals surface area (Å²) >= 11 is 1.54. The number of carbonyl (C=O) groups is 1. The minimum absolute atomic E-state index is 0.0327. The molecule has 2 rings (SSSR count). The van der Waals surface area contributed by atoms with Gasteiger partial charge in [0, 0.05) is 6.42 Å². The quantitative estimate of drug-likeness (QED) is 0.858. The van der Waals surface area contributed by atoms with Crippen molar-refractivity contribution in [2.24, 2.45) is 0 Å². The molecule has 118 valence electrons. The molecule has 1 heterocycles. The second kappa shape index (κ2) is 7.07. The molecule has 2 N–H and O–H groups in total. The first-order valence-electron chi connectivity index (χ1n) is 7.46. The lowest BCUT2D eigenvalue weighted by Crippen LogP contribution is -2.38. The van der Waals surface area contributed by atoms with Crippen molar-refractivity contribution in [3.8, 4) is 0 Å². The highest BCUT2D eigenvalue weighted by molar-refractivity contribution is 7.08. The number of aryl methyl sites for hydroxylation is 3. The van der Waals surface area contributed by atoms with Gasteiger partial charge in [-0.1, -0.05) is 29.3 Å². The van der Waals surface area contributed by atoms with Crippen molar-refractivity contribution >= 4 is 17.2 Å². The molecular weight excluding hydrogens is 294 g/mol. The van der Waals surface area contributed by atoms with Gasteiger partial charge in [0.25, 0.3) is 0 Å². The van der Waals surface area contributed by atoms with E-state index in [-0.39, 0.29) is 12.5 Å². The summed E-state index contributed by atoms with van der Waals surface area (Å²) in [6, 6.07) is 8.23. The van der Waals surface area contributed by atoms with Gasteiger partial charge < -0.3 is 10.4 Å². The Morgan fingerprint density at radius 3 is 2.55 bits per heavy atom. The lowest BCUT2D eigenvalue weighted by molar-refractivity contribution is -0.122. The SMILES string of the molecule is Cc1cc(C)cc(CCC(=O)NCC(C)(O)c2ccsc2)c1. The molecule has 4 heteroatoms. The number of benzene rings is 1. The molecule has 3 nitrogen and oxygen atoms in total. The second-order valence-corrected chi connectivity index (χ2v) is 6.84. The Bertz CT molecular complexity index is 612. The molecule has 0 radical (unpaired) electrons. The molecule has 1 aromatic carbocycles. The van der Waals surface area contributed by atoms with Crippen LogP contribution in [0.25, 0.3) is 0 Å². The fourth-order valence-electron chi connectivity index (χ4n) is 2.50. The Labute approximate surface area is 136 Å². The standard InChI is InChI=1S/C18H23NO2S/c1-13-8-14(2)10-15(9-13)4-5-17(20)19-12-18(3,21)16-6-7-22-11-16/h6-11,21H,4-5,12H2,1-3H3,(H,19,20). The zero-order valence-electron chi connectivity index (χ0n) is 13.3. The smallest absolute Gasteiger partial charge is 0.220 e. The predicted octanol–water partition coefficient (Wildman–Crippen LogP) is 3.32. The third-order valence-corrected chi connectivity index (χ3v) is 4.38. The molecule has 0 saturated heterocycles. The van der Waals surface area contributed by atoms with Gasteiger partial charge in [-0.15, -0.1) is 0 Å². The molecule has 0 fully saturated rings. The number of hydrogen-bond donors (Lipinski definition) is 2. The molecule has 0 aliphatic heterocycles. The van der Waals surface area contributed by atoms with E-state index in [9.17, 15) is 9.90 Å². The number of nitrogens with one attached hydrogen (secondary N) is 1. The van der Waals surface area contributed by atoms with Crippen LogP contribution < -0.4 is 5.32 Å². The minimum atomic E-state index is -1.02. The Kier molecular flexibility index (Phi) is 5.37.